The Bertz CT molecular complexity index is 902. The molecule has 156 valence electrons. The fourth-order valence-corrected chi connectivity index (χ4v) is 3.74. The van der Waals surface area contributed by atoms with Gasteiger partial charge in [-0.25, -0.2) is 4.98 Å². The van der Waals surface area contributed by atoms with E-state index in [1.165, 1.54) is 10.8 Å². The largest absolute Gasteiger partial charge is 0.434 e. The predicted octanol–water partition coefficient (Wildman–Crippen LogP) is 4.81. The Morgan fingerprint density at radius 3 is 2.66 bits per heavy atom. The molecule has 5 nitrogen and oxygen atoms in total. The van der Waals surface area contributed by atoms with Crippen molar-refractivity contribution in [2.45, 2.75) is 26.0 Å². The maximum absolute atomic E-state index is 12.5. The van der Waals surface area contributed by atoms with Crippen molar-refractivity contribution in [2.24, 2.45) is 4.99 Å². The van der Waals surface area contributed by atoms with Crippen LogP contribution in [-0.4, -0.2) is 31.1 Å². The van der Waals surface area contributed by atoms with Gasteiger partial charge in [0.15, 0.2) is 5.96 Å². The molecule has 3 rings (SSSR count). The number of guanidine groups is 1. The normalized spacial score (nSPS) is 11.4. The number of aromatic nitrogens is 1. The molecule has 0 spiro atoms. The summed E-state index contributed by atoms with van der Waals surface area (Å²) < 4.78 is 30.7. The molecule has 0 aliphatic rings. The molecule has 0 aliphatic heterocycles. The van der Waals surface area contributed by atoms with Crippen molar-refractivity contribution in [3.8, 4) is 5.75 Å². The van der Waals surface area contributed by atoms with Crippen LogP contribution in [0.2, 0.25) is 0 Å². The van der Waals surface area contributed by atoms with Crippen molar-refractivity contribution in [1.29, 1.82) is 0 Å². The molecular formula is C20H23F2IN4OS. The first-order chi connectivity index (χ1) is 13.7. The fourth-order valence-electron chi connectivity index (χ4n) is 2.73. The van der Waals surface area contributed by atoms with Crippen LogP contribution in [0.5, 0.6) is 5.75 Å². The van der Waals surface area contributed by atoms with Crippen LogP contribution < -0.4 is 15.4 Å². The molecule has 0 fully saturated rings. The van der Waals surface area contributed by atoms with Gasteiger partial charge in [-0.2, -0.15) is 8.78 Å². The summed E-state index contributed by atoms with van der Waals surface area (Å²) in [6.45, 7) is -1.79. The van der Waals surface area contributed by atoms with E-state index in [4.69, 9.17) is 0 Å². The van der Waals surface area contributed by atoms with Crippen LogP contribution >= 0.6 is 35.3 Å². The van der Waals surface area contributed by atoms with Gasteiger partial charge in [-0.15, -0.1) is 35.3 Å². The molecule has 1 aromatic heterocycles. The molecular weight excluding hydrogens is 509 g/mol. The summed E-state index contributed by atoms with van der Waals surface area (Å²) in [6, 6.07) is 14.8. The first kappa shape index (κ1) is 23.3. The monoisotopic (exact) mass is 532 g/mol. The van der Waals surface area contributed by atoms with Crippen LogP contribution in [-0.2, 0) is 13.0 Å². The Hall–Kier alpha value is -2.01. The molecule has 0 unspecified atom stereocenters. The van der Waals surface area contributed by atoms with E-state index < -0.39 is 6.61 Å². The van der Waals surface area contributed by atoms with Crippen molar-refractivity contribution in [3.63, 3.8) is 0 Å². The fraction of sp³-hybridized carbons (Fsp3) is 0.300. The lowest BCUT2D eigenvalue weighted by Crippen LogP contribution is -2.37. The van der Waals surface area contributed by atoms with Gasteiger partial charge in [0.2, 0.25) is 0 Å². The molecule has 9 heteroatoms. The number of hydrogen-bond acceptors (Lipinski definition) is 4. The SMILES string of the molecule is CN=C(NCCCc1nc2ccccc2s1)NCc1ccccc1OC(F)F.I. The van der Waals surface area contributed by atoms with Crippen LogP contribution in [0.3, 0.4) is 0 Å². The van der Waals surface area contributed by atoms with Crippen molar-refractivity contribution < 1.29 is 13.5 Å². The van der Waals surface area contributed by atoms with Gasteiger partial charge in [0.1, 0.15) is 5.75 Å². The number of rotatable bonds is 8. The van der Waals surface area contributed by atoms with Crippen molar-refractivity contribution >= 4 is 51.5 Å². The number of para-hydroxylation sites is 2. The predicted molar refractivity (Wildman–Crippen MR) is 125 cm³/mol. The van der Waals surface area contributed by atoms with Crippen molar-refractivity contribution in [3.05, 3.63) is 59.1 Å². The second kappa shape index (κ2) is 11.9. The lowest BCUT2D eigenvalue weighted by Gasteiger charge is -2.14. The average Bonchev–Trinajstić information content (AvgIpc) is 3.11. The highest BCUT2D eigenvalue weighted by Crippen LogP contribution is 2.22. The summed E-state index contributed by atoms with van der Waals surface area (Å²) in [5.74, 6) is 0.771. The Kier molecular flexibility index (Phi) is 9.52. The molecule has 0 saturated heterocycles. The van der Waals surface area contributed by atoms with Crippen LogP contribution in [0.1, 0.15) is 17.0 Å². The van der Waals surface area contributed by atoms with Gasteiger partial charge in [0.25, 0.3) is 0 Å². The maximum Gasteiger partial charge on any atom is 0.387 e. The molecule has 1 heterocycles. The summed E-state index contributed by atoms with van der Waals surface area (Å²) in [5.41, 5.74) is 1.68. The summed E-state index contributed by atoms with van der Waals surface area (Å²) in [4.78, 5) is 8.79. The minimum atomic E-state index is -2.85. The first-order valence-corrected chi connectivity index (χ1v) is 9.79. The Morgan fingerprint density at radius 2 is 1.90 bits per heavy atom. The highest BCUT2D eigenvalue weighted by molar-refractivity contribution is 14.0. The number of fused-ring (bicyclic) bond motifs is 1. The number of nitrogens with one attached hydrogen (secondary N) is 2. The Balaban J connectivity index is 0.00000300. The maximum atomic E-state index is 12.5. The number of nitrogens with zero attached hydrogens (tertiary/aromatic N) is 2. The summed E-state index contributed by atoms with van der Waals surface area (Å²) in [7, 11) is 1.67. The van der Waals surface area contributed by atoms with E-state index in [2.05, 4.69) is 31.4 Å². The minimum Gasteiger partial charge on any atom is -0.434 e. The number of aliphatic imine (C=N–C) groups is 1. The zero-order valence-electron chi connectivity index (χ0n) is 15.9. The van der Waals surface area contributed by atoms with Crippen molar-refractivity contribution in [2.75, 3.05) is 13.6 Å². The van der Waals surface area contributed by atoms with Gasteiger partial charge in [-0.3, -0.25) is 4.99 Å². The Morgan fingerprint density at radius 1 is 1.14 bits per heavy atom. The molecule has 2 aromatic carbocycles. The first-order valence-electron chi connectivity index (χ1n) is 8.97. The zero-order valence-corrected chi connectivity index (χ0v) is 19.0. The van der Waals surface area contributed by atoms with Crippen molar-refractivity contribution in [1.82, 2.24) is 15.6 Å². The summed E-state index contributed by atoms with van der Waals surface area (Å²) in [6.07, 6.45) is 1.79. The smallest absolute Gasteiger partial charge is 0.387 e. The third-order valence-electron chi connectivity index (χ3n) is 4.06. The number of ether oxygens (including phenoxy) is 1. The van der Waals surface area contributed by atoms with Gasteiger partial charge in [-0.05, 0) is 24.6 Å². The molecule has 0 saturated carbocycles. The molecule has 3 aromatic rings. The number of alkyl halides is 2. The standard InChI is InChI=1S/C20H22F2N4OS.HI/c1-23-20(25-13-14-7-2-4-9-16(14)27-19(21)22)24-12-6-11-18-26-15-8-3-5-10-17(15)28-18;/h2-5,7-10,19H,6,11-13H2,1H3,(H2,23,24,25);1H. The van der Waals surface area contributed by atoms with Crippen LogP contribution in [0.25, 0.3) is 10.2 Å². The van der Waals surface area contributed by atoms with E-state index in [0.29, 0.717) is 18.1 Å². The Labute approximate surface area is 189 Å². The minimum absolute atomic E-state index is 0. The topological polar surface area (TPSA) is 58.5 Å². The third kappa shape index (κ3) is 7.07. The number of hydrogen-bond donors (Lipinski definition) is 2. The van der Waals surface area contributed by atoms with Crippen LogP contribution in [0, 0.1) is 0 Å². The molecule has 0 amide bonds. The number of benzene rings is 2. The van der Waals surface area contributed by atoms with Crippen LogP contribution in [0.4, 0.5) is 8.78 Å². The zero-order chi connectivity index (χ0) is 19.8. The van der Waals surface area contributed by atoms with E-state index >= 15 is 0 Å². The molecule has 0 atom stereocenters. The molecule has 0 radical (unpaired) electrons. The quantitative estimate of drug-likeness (QED) is 0.189. The second-order valence-corrected chi connectivity index (χ2v) is 7.13. The highest BCUT2D eigenvalue weighted by atomic mass is 127. The number of aryl methyl sites for hydroxylation is 1. The summed E-state index contributed by atoms with van der Waals surface area (Å²) in [5, 5.41) is 7.47. The average molecular weight is 532 g/mol. The second-order valence-electron chi connectivity index (χ2n) is 6.02. The molecule has 0 bridgehead atoms. The number of thiazole rings is 1. The third-order valence-corrected chi connectivity index (χ3v) is 5.15. The highest BCUT2D eigenvalue weighted by Gasteiger charge is 2.09. The van der Waals surface area contributed by atoms with E-state index in [0.717, 1.165) is 29.9 Å². The van der Waals surface area contributed by atoms with Gasteiger partial charge >= 0.3 is 6.61 Å². The van der Waals surface area contributed by atoms with Gasteiger partial charge in [0.05, 0.1) is 15.2 Å². The lowest BCUT2D eigenvalue weighted by molar-refractivity contribution is -0.0504. The van der Waals surface area contributed by atoms with Crippen LogP contribution in [0.15, 0.2) is 53.5 Å². The van der Waals surface area contributed by atoms with E-state index in [9.17, 15) is 8.78 Å². The molecule has 29 heavy (non-hydrogen) atoms. The van der Waals surface area contributed by atoms with Gasteiger partial charge in [0, 0.05) is 32.1 Å². The van der Waals surface area contributed by atoms with E-state index in [-0.39, 0.29) is 29.7 Å². The van der Waals surface area contributed by atoms with E-state index in [1.54, 1.807) is 36.6 Å². The number of halogens is 3. The molecule has 2 N–H and O–H groups in total. The van der Waals surface area contributed by atoms with Gasteiger partial charge < -0.3 is 15.4 Å². The molecule has 0 aliphatic carbocycles. The van der Waals surface area contributed by atoms with E-state index in [1.807, 2.05) is 18.2 Å². The summed E-state index contributed by atoms with van der Waals surface area (Å²) >= 11 is 1.72. The van der Waals surface area contributed by atoms with Gasteiger partial charge in [-0.1, -0.05) is 30.3 Å². The lowest BCUT2D eigenvalue weighted by atomic mass is 10.2.